The Morgan fingerprint density at radius 2 is 1.31 bits per heavy atom. The molecule has 15 unspecified atom stereocenters. The van der Waals surface area contributed by atoms with E-state index in [4.69, 9.17) is 37.6 Å². The number of rotatable bonds is 12. The summed E-state index contributed by atoms with van der Waals surface area (Å²) in [5.41, 5.74) is -1.17. The molecular formula is C42H46O23. The summed E-state index contributed by atoms with van der Waals surface area (Å²) in [6, 6.07) is 11.0. The fourth-order valence-corrected chi connectivity index (χ4v) is 7.27. The molecule has 3 aromatic carbocycles. The molecule has 4 heterocycles. The SMILES string of the molecule is CC1OC(OCC2OC(Oc3c(-c4ccc(O)c(O)c4)oc4cc(OC5OC(CO)C(O)C(O)C5O)cc(O)c4c3=O)C(O)C(O)C2O)C(O)C(O)C1OC(=O)C=Cc1ccc(O)cc1. The van der Waals surface area contributed by atoms with Crippen LogP contribution in [0.25, 0.3) is 28.4 Å². The van der Waals surface area contributed by atoms with Crippen LogP contribution in [0.2, 0.25) is 0 Å². The maximum Gasteiger partial charge on any atom is 0.331 e. The molecule has 0 bridgehead atoms. The molecule has 0 amide bonds. The number of carbonyl (C=O) groups excluding carboxylic acids is 1. The summed E-state index contributed by atoms with van der Waals surface area (Å²) < 4.78 is 45.1. The van der Waals surface area contributed by atoms with E-state index in [1.165, 1.54) is 43.3 Å². The van der Waals surface area contributed by atoms with Crippen LogP contribution in [0.15, 0.2) is 69.9 Å². The first-order chi connectivity index (χ1) is 30.9. The lowest BCUT2D eigenvalue weighted by Crippen LogP contribution is -2.62. The number of carbonyl (C=O) groups is 1. The molecule has 23 nitrogen and oxygen atoms in total. The first-order valence-corrected chi connectivity index (χ1v) is 19.9. The number of ether oxygens (including phenoxy) is 7. The minimum Gasteiger partial charge on any atom is -0.508 e. The van der Waals surface area contributed by atoms with Crippen LogP contribution in [0.4, 0.5) is 0 Å². The van der Waals surface area contributed by atoms with E-state index < -0.39 is 156 Å². The van der Waals surface area contributed by atoms with Gasteiger partial charge in [0.2, 0.25) is 23.8 Å². The van der Waals surface area contributed by atoms with Gasteiger partial charge in [-0.3, -0.25) is 4.79 Å². The van der Waals surface area contributed by atoms with Crippen molar-refractivity contribution in [3.05, 3.63) is 76.5 Å². The Kier molecular flexibility index (Phi) is 14.2. The van der Waals surface area contributed by atoms with Crippen LogP contribution < -0.4 is 14.9 Å². The monoisotopic (exact) mass is 918 g/mol. The van der Waals surface area contributed by atoms with Crippen LogP contribution in [0, 0.1) is 0 Å². The Labute approximate surface area is 365 Å². The second-order valence-electron chi connectivity index (χ2n) is 15.4. The van der Waals surface area contributed by atoms with E-state index in [1.807, 2.05) is 0 Å². The molecule has 23 heteroatoms. The summed E-state index contributed by atoms with van der Waals surface area (Å²) in [5, 5.41) is 135. The molecule has 0 saturated carbocycles. The van der Waals surface area contributed by atoms with Crippen molar-refractivity contribution in [1.82, 2.24) is 0 Å². The maximum absolute atomic E-state index is 14.2. The van der Waals surface area contributed by atoms with Gasteiger partial charge in [-0.25, -0.2) is 4.79 Å². The number of benzene rings is 3. The van der Waals surface area contributed by atoms with Gasteiger partial charge < -0.3 is 104 Å². The highest BCUT2D eigenvalue weighted by Gasteiger charge is 2.49. The number of aliphatic hydroxyl groups is 9. The van der Waals surface area contributed by atoms with Crippen LogP contribution >= 0.6 is 0 Å². The van der Waals surface area contributed by atoms with Gasteiger partial charge in [0.1, 0.15) is 89.3 Å². The molecule has 1 aromatic heterocycles. The number of hydrogen-bond donors (Lipinski definition) is 13. The van der Waals surface area contributed by atoms with Gasteiger partial charge in [0.05, 0.1) is 19.3 Å². The molecule has 13 N–H and O–H groups in total. The lowest BCUT2D eigenvalue weighted by molar-refractivity contribution is -0.319. The Morgan fingerprint density at radius 1 is 0.677 bits per heavy atom. The van der Waals surface area contributed by atoms with E-state index in [1.54, 1.807) is 0 Å². The largest absolute Gasteiger partial charge is 0.508 e. The first-order valence-electron chi connectivity index (χ1n) is 19.9. The van der Waals surface area contributed by atoms with Crippen molar-refractivity contribution in [2.45, 2.75) is 99.0 Å². The van der Waals surface area contributed by atoms with Crippen molar-refractivity contribution in [2.24, 2.45) is 0 Å². The fourth-order valence-electron chi connectivity index (χ4n) is 7.27. The summed E-state index contributed by atoms with van der Waals surface area (Å²) in [6.45, 7) is -0.0898. The molecule has 4 aromatic rings. The number of phenolic OH excluding ortho intramolecular Hbond substituents is 4. The second kappa shape index (κ2) is 19.4. The van der Waals surface area contributed by atoms with E-state index >= 15 is 0 Å². The number of phenols is 4. The van der Waals surface area contributed by atoms with E-state index in [-0.39, 0.29) is 17.1 Å². The number of aliphatic hydroxyl groups excluding tert-OH is 9. The van der Waals surface area contributed by atoms with Gasteiger partial charge in [0.15, 0.2) is 29.7 Å². The Morgan fingerprint density at radius 3 is 1.97 bits per heavy atom. The van der Waals surface area contributed by atoms with Crippen molar-refractivity contribution in [1.29, 1.82) is 0 Å². The Hall–Kier alpha value is -5.64. The predicted molar refractivity (Wildman–Crippen MR) is 214 cm³/mol. The molecule has 0 radical (unpaired) electrons. The first kappa shape index (κ1) is 47.3. The van der Waals surface area contributed by atoms with Gasteiger partial charge in [0.25, 0.3) is 0 Å². The minimum absolute atomic E-state index is 0.0175. The lowest BCUT2D eigenvalue weighted by atomic mass is 9.98. The molecule has 3 aliphatic heterocycles. The maximum atomic E-state index is 14.2. The van der Waals surface area contributed by atoms with Crippen molar-refractivity contribution < 1.29 is 109 Å². The van der Waals surface area contributed by atoms with Gasteiger partial charge in [-0.1, -0.05) is 12.1 Å². The molecule has 65 heavy (non-hydrogen) atoms. The number of fused-ring (bicyclic) bond motifs is 1. The van der Waals surface area contributed by atoms with Crippen LogP contribution in [0.3, 0.4) is 0 Å². The Bertz CT molecular complexity index is 2400. The topological polar surface area (TPSA) is 375 Å². The summed E-state index contributed by atoms with van der Waals surface area (Å²) in [7, 11) is 0. The van der Waals surface area contributed by atoms with Gasteiger partial charge in [-0.2, -0.15) is 0 Å². The van der Waals surface area contributed by atoms with Crippen molar-refractivity contribution in [2.75, 3.05) is 13.2 Å². The zero-order chi connectivity index (χ0) is 47.0. The van der Waals surface area contributed by atoms with E-state index in [0.717, 1.165) is 30.3 Å². The van der Waals surface area contributed by atoms with Crippen molar-refractivity contribution >= 4 is 23.0 Å². The standard InChI is InChI=1S/C42H46O23/c1-15-37(64-26(48)9-4-16-2-6-18(44)7-3-16)33(54)36(57)40(59-15)58-14-25-29(50)32(53)35(56)42(63-25)65-39-30(51)27-22(47)11-19(60-41-34(55)31(52)28(49)24(13-43)62-41)12-23(27)61-38(39)17-5-8-20(45)21(46)10-17/h2-12,15,24-25,28-29,31-37,40-47,49-50,52-57H,13-14H2,1H3. The van der Waals surface area contributed by atoms with Crippen molar-refractivity contribution in [3.63, 3.8) is 0 Å². The molecule has 0 aliphatic carbocycles. The molecule has 0 spiro atoms. The molecule has 3 aliphatic rings. The van der Waals surface area contributed by atoms with Crippen molar-refractivity contribution in [3.8, 4) is 45.8 Å². The Balaban J connectivity index is 1.10. The number of hydrogen-bond acceptors (Lipinski definition) is 23. The molecule has 3 saturated heterocycles. The van der Waals surface area contributed by atoms with Crippen LogP contribution in [-0.4, -0.2) is 178 Å². The predicted octanol–water partition coefficient (Wildman–Crippen LogP) is -2.24. The molecular weight excluding hydrogens is 872 g/mol. The average molecular weight is 919 g/mol. The molecule has 7 rings (SSSR count). The normalized spacial score (nSPS) is 32.9. The van der Waals surface area contributed by atoms with E-state index in [9.17, 15) is 76.0 Å². The third-order valence-electron chi connectivity index (χ3n) is 10.9. The highest BCUT2D eigenvalue weighted by atomic mass is 16.7. The molecule has 15 atom stereocenters. The number of esters is 1. The number of aromatic hydroxyl groups is 4. The van der Waals surface area contributed by atoms with Gasteiger partial charge >= 0.3 is 5.97 Å². The summed E-state index contributed by atoms with van der Waals surface area (Å²) in [6.07, 6.45) is -23.4. The zero-order valence-corrected chi connectivity index (χ0v) is 33.8. The zero-order valence-electron chi connectivity index (χ0n) is 33.8. The van der Waals surface area contributed by atoms with Gasteiger partial charge in [-0.15, -0.1) is 0 Å². The molecule has 3 fully saturated rings. The van der Waals surface area contributed by atoms with Gasteiger partial charge in [-0.05, 0) is 48.9 Å². The quantitative estimate of drug-likeness (QED) is 0.0406. The third-order valence-corrected chi connectivity index (χ3v) is 10.9. The van der Waals surface area contributed by atoms with Gasteiger partial charge in [0, 0.05) is 23.8 Å². The lowest BCUT2D eigenvalue weighted by Gasteiger charge is -2.43. The molecule has 352 valence electrons. The summed E-state index contributed by atoms with van der Waals surface area (Å²) in [5.74, 6) is -4.64. The second-order valence-corrected chi connectivity index (χ2v) is 15.4. The average Bonchev–Trinajstić information content (AvgIpc) is 3.27. The highest BCUT2D eigenvalue weighted by molar-refractivity contribution is 5.89. The van der Waals surface area contributed by atoms with E-state index in [0.29, 0.717) is 5.56 Å². The fraction of sp³-hybridized carbons (Fsp3) is 0.429. The minimum atomic E-state index is -2.10. The third kappa shape index (κ3) is 9.83. The smallest absolute Gasteiger partial charge is 0.331 e. The highest BCUT2D eigenvalue weighted by Crippen LogP contribution is 2.40. The van der Waals surface area contributed by atoms with Crippen LogP contribution in [0.1, 0.15) is 12.5 Å². The summed E-state index contributed by atoms with van der Waals surface area (Å²) in [4.78, 5) is 26.8. The van der Waals surface area contributed by atoms with E-state index in [2.05, 4.69) is 0 Å². The van der Waals surface area contributed by atoms with Crippen LogP contribution in [0.5, 0.6) is 34.5 Å². The van der Waals surface area contributed by atoms with Crippen LogP contribution in [-0.2, 0) is 28.5 Å². The summed E-state index contributed by atoms with van der Waals surface area (Å²) >= 11 is 0.